The number of benzene rings is 3. The number of carbonyl (C=O) groups excluding carboxylic acids is 2. The standard InChI is InChI=1S/C27H28BrN3O5/c1-3-35-25-16-20(10-13-24(25)36-18-19-8-11-21(28)12-9-19)17-29-31-27(33)15-14-26(32)30-22-6-4-5-7-23(22)34-2/h4-13,16-17H,3,14-15,18H2,1-2H3,(H,30,32)(H,31,33). The van der Waals surface area contributed by atoms with Crippen molar-refractivity contribution in [2.24, 2.45) is 5.10 Å². The lowest BCUT2D eigenvalue weighted by Crippen LogP contribution is -2.20. The number of rotatable bonds is 12. The van der Waals surface area contributed by atoms with Crippen molar-refractivity contribution >= 4 is 39.6 Å². The average Bonchev–Trinajstić information content (AvgIpc) is 2.88. The third-order valence-corrected chi connectivity index (χ3v) is 5.47. The molecule has 0 aliphatic carbocycles. The van der Waals surface area contributed by atoms with Gasteiger partial charge in [-0.05, 0) is 60.5 Å². The zero-order chi connectivity index (χ0) is 25.8. The first-order valence-corrected chi connectivity index (χ1v) is 12.2. The predicted molar refractivity (Wildman–Crippen MR) is 143 cm³/mol. The van der Waals surface area contributed by atoms with Crippen molar-refractivity contribution in [3.63, 3.8) is 0 Å². The molecule has 0 aliphatic rings. The van der Waals surface area contributed by atoms with E-state index in [4.69, 9.17) is 14.2 Å². The number of hydrogen-bond donors (Lipinski definition) is 2. The van der Waals surface area contributed by atoms with Crippen LogP contribution in [0, 0.1) is 0 Å². The Labute approximate surface area is 218 Å². The Morgan fingerprint density at radius 3 is 2.42 bits per heavy atom. The number of carbonyl (C=O) groups is 2. The summed E-state index contributed by atoms with van der Waals surface area (Å²) in [4.78, 5) is 24.3. The number of ether oxygens (including phenoxy) is 3. The van der Waals surface area contributed by atoms with Gasteiger partial charge in [-0.25, -0.2) is 5.43 Å². The summed E-state index contributed by atoms with van der Waals surface area (Å²) in [5.74, 6) is 1.08. The zero-order valence-electron chi connectivity index (χ0n) is 20.1. The lowest BCUT2D eigenvalue weighted by molar-refractivity contribution is -0.124. The van der Waals surface area contributed by atoms with E-state index >= 15 is 0 Å². The monoisotopic (exact) mass is 553 g/mol. The number of anilines is 1. The van der Waals surface area contributed by atoms with E-state index < -0.39 is 0 Å². The van der Waals surface area contributed by atoms with Gasteiger partial charge in [-0.1, -0.05) is 40.2 Å². The van der Waals surface area contributed by atoms with Crippen LogP contribution in [0.15, 0.2) is 76.3 Å². The van der Waals surface area contributed by atoms with Gasteiger partial charge in [-0.15, -0.1) is 0 Å². The van der Waals surface area contributed by atoms with Crippen LogP contribution < -0.4 is 25.0 Å². The first kappa shape index (κ1) is 26.7. The molecule has 2 N–H and O–H groups in total. The van der Waals surface area contributed by atoms with E-state index in [0.29, 0.717) is 36.1 Å². The van der Waals surface area contributed by atoms with Gasteiger partial charge in [0.15, 0.2) is 11.5 Å². The highest BCUT2D eigenvalue weighted by molar-refractivity contribution is 9.10. The summed E-state index contributed by atoms with van der Waals surface area (Å²) < 4.78 is 17.8. The Morgan fingerprint density at radius 1 is 0.917 bits per heavy atom. The van der Waals surface area contributed by atoms with Gasteiger partial charge in [0, 0.05) is 17.3 Å². The van der Waals surface area contributed by atoms with Crippen LogP contribution in [0.2, 0.25) is 0 Å². The fourth-order valence-corrected chi connectivity index (χ4v) is 3.42. The summed E-state index contributed by atoms with van der Waals surface area (Å²) in [5, 5.41) is 6.72. The summed E-state index contributed by atoms with van der Waals surface area (Å²) >= 11 is 3.42. The van der Waals surface area contributed by atoms with E-state index in [0.717, 1.165) is 15.6 Å². The predicted octanol–water partition coefficient (Wildman–Crippen LogP) is 5.30. The molecule has 0 bridgehead atoms. The lowest BCUT2D eigenvalue weighted by Gasteiger charge is -2.12. The largest absolute Gasteiger partial charge is 0.495 e. The molecule has 0 heterocycles. The van der Waals surface area contributed by atoms with Crippen LogP contribution in [0.25, 0.3) is 0 Å². The van der Waals surface area contributed by atoms with Crippen LogP contribution in [-0.4, -0.2) is 31.7 Å². The van der Waals surface area contributed by atoms with Crippen molar-refractivity contribution in [3.8, 4) is 17.2 Å². The normalized spacial score (nSPS) is 10.6. The fourth-order valence-electron chi connectivity index (χ4n) is 3.16. The molecule has 0 unspecified atom stereocenters. The van der Waals surface area contributed by atoms with E-state index in [1.54, 1.807) is 30.3 Å². The maximum atomic E-state index is 12.2. The highest BCUT2D eigenvalue weighted by Crippen LogP contribution is 2.29. The first-order chi connectivity index (χ1) is 17.5. The molecule has 0 fully saturated rings. The summed E-state index contributed by atoms with van der Waals surface area (Å²) in [6, 6.07) is 20.4. The van der Waals surface area contributed by atoms with Crippen LogP contribution in [0.5, 0.6) is 17.2 Å². The van der Waals surface area contributed by atoms with E-state index in [2.05, 4.69) is 31.8 Å². The number of para-hydroxylation sites is 2. The minimum absolute atomic E-state index is 0.00858. The number of hydrazone groups is 1. The highest BCUT2D eigenvalue weighted by Gasteiger charge is 2.10. The van der Waals surface area contributed by atoms with E-state index in [1.165, 1.54) is 13.3 Å². The van der Waals surface area contributed by atoms with Crippen molar-refractivity contribution in [2.75, 3.05) is 19.0 Å². The number of nitrogens with zero attached hydrogens (tertiary/aromatic N) is 1. The molecule has 0 atom stereocenters. The molecule has 0 radical (unpaired) electrons. The van der Waals surface area contributed by atoms with Crippen molar-refractivity contribution in [3.05, 3.63) is 82.3 Å². The Bertz CT molecular complexity index is 1200. The third-order valence-electron chi connectivity index (χ3n) is 4.94. The van der Waals surface area contributed by atoms with Crippen molar-refractivity contribution in [1.29, 1.82) is 0 Å². The molecule has 0 spiro atoms. The summed E-state index contributed by atoms with van der Waals surface area (Å²) in [7, 11) is 1.53. The molecular weight excluding hydrogens is 526 g/mol. The van der Waals surface area contributed by atoms with Crippen LogP contribution in [0.3, 0.4) is 0 Å². The molecule has 36 heavy (non-hydrogen) atoms. The number of methoxy groups -OCH3 is 1. The van der Waals surface area contributed by atoms with Crippen LogP contribution in [0.1, 0.15) is 30.9 Å². The Kier molecular flexibility index (Phi) is 10.3. The van der Waals surface area contributed by atoms with Gasteiger partial charge >= 0.3 is 0 Å². The third kappa shape index (κ3) is 8.42. The first-order valence-electron chi connectivity index (χ1n) is 11.4. The van der Waals surface area contributed by atoms with Crippen LogP contribution in [-0.2, 0) is 16.2 Å². The number of hydrogen-bond acceptors (Lipinski definition) is 6. The highest BCUT2D eigenvalue weighted by atomic mass is 79.9. The second kappa shape index (κ2) is 13.9. The van der Waals surface area contributed by atoms with E-state index in [1.807, 2.05) is 43.3 Å². The van der Waals surface area contributed by atoms with Crippen molar-refractivity contribution in [1.82, 2.24) is 5.43 Å². The van der Waals surface area contributed by atoms with Gasteiger partial charge in [0.2, 0.25) is 11.8 Å². The minimum atomic E-state index is -0.374. The maximum absolute atomic E-state index is 12.2. The van der Waals surface area contributed by atoms with Gasteiger partial charge in [-0.3, -0.25) is 9.59 Å². The minimum Gasteiger partial charge on any atom is -0.495 e. The second-order valence-electron chi connectivity index (χ2n) is 7.60. The maximum Gasteiger partial charge on any atom is 0.240 e. The zero-order valence-corrected chi connectivity index (χ0v) is 21.7. The van der Waals surface area contributed by atoms with Gasteiger partial charge in [0.1, 0.15) is 12.4 Å². The molecule has 0 saturated carbocycles. The van der Waals surface area contributed by atoms with Gasteiger partial charge < -0.3 is 19.5 Å². The lowest BCUT2D eigenvalue weighted by atomic mass is 10.2. The molecule has 8 nitrogen and oxygen atoms in total. The molecule has 3 rings (SSSR count). The Balaban J connectivity index is 1.49. The quantitative estimate of drug-likeness (QED) is 0.234. The molecule has 9 heteroatoms. The smallest absolute Gasteiger partial charge is 0.240 e. The summed E-state index contributed by atoms with van der Waals surface area (Å²) in [6.45, 7) is 2.77. The number of amides is 2. The Hall–Kier alpha value is -3.85. The number of halogens is 1. The topological polar surface area (TPSA) is 98.2 Å². The molecule has 188 valence electrons. The molecular formula is C27H28BrN3O5. The fraction of sp³-hybridized carbons (Fsp3) is 0.222. The molecule has 0 aromatic heterocycles. The SMILES string of the molecule is CCOc1cc(C=NNC(=O)CCC(=O)Nc2ccccc2OC)ccc1OCc1ccc(Br)cc1. The van der Waals surface area contributed by atoms with E-state index in [-0.39, 0.29) is 24.7 Å². The molecule has 2 amide bonds. The van der Waals surface area contributed by atoms with Crippen molar-refractivity contribution in [2.45, 2.75) is 26.4 Å². The molecule has 0 aliphatic heterocycles. The van der Waals surface area contributed by atoms with Crippen LogP contribution in [0.4, 0.5) is 5.69 Å². The van der Waals surface area contributed by atoms with Gasteiger partial charge in [0.25, 0.3) is 0 Å². The van der Waals surface area contributed by atoms with E-state index in [9.17, 15) is 9.59 Å². The molecule has 0 saturated heterocycles. The Morgan fingerprint density at radius 2 is 1.67 bits per heavy atom. The molecule has 3 aromatic carbocycles. The number of nitrogens with one attached hydrogen (secondary N) is 2. The van der Waals surface area contributed by atoms with Gasteiger partial charge in [-0.2, -0.15) is 5.10 Å². The summed E-state index contributed by atoms with van der Waals surface area (Å²) in [6.07, 6.45) is 1.51. The second-order valence-corrected chi connectivity index (χ2v) is 8.51. The van der Waals surface area contributed by atoms with Crippen LogP contribution >= 0.6 is 15.9 Å². The average molecular weight is 554 g/mol. The van der Waals surface area contributed by atoms with Gasteiger partial charge in [0.05, 0.1) is 25.6 Å². The molecule has 3 aromatic rings. The summed E-state index contributed by atoms with van der Waals surface area (Å²) in [5.41, 5.74) is 4.75. The van der Waals surface area contributed by atoms with Crippen molar-refractivity contribution < 1.29 is 23.8 Å².